The van der Waals surface area contributed by atoms with Gasteiger partial charge >= 0.3 is 5.97 Å². The second-order valence-electron chi connectivity index (χ2n) is 13.5. The standard InChI is InChI=1S/C31H50O4/c1-20(2)7-6-8-21(3)25-11-12-26-24-10-9-22-19-23(35-29(34)14-13-28(32)33)15-17-30(22,4)27(24)16-18-31(25,26)5/h9,20-21,23-27H,6-8,10-19H2,1-5H3,(H,32,33)/p-1/t21-,23+,24+,25-,26+,27+,30+,31-/m1/s1. The molecule has 0 bridgehead atoms. The molecule has 0 heterocycles. The third kappa shape index (κ3) is 5.37. The van der Waals surface area contributed by atoms with Crippen LogP contribution in [0.3, 0.4) is 0 Å². The first kappa shape index (κ1) is 26.7. The number of aliphatic carboxylic acids is 1. The fraction of sp³-hybridized carbons (Fsp3) is 0.871. The summed E-state index contributed by atoms with van der Waals surface area (Å²) in [6.45, 7) is 12.4. The van der Waals surface area contributed by atoms with Gasteiger partial charge in [0.15, 0.2) is 0 Å². The fourth-order valence-corrected chi connectivity index (χ4v) is 9.20. The molecular formula is C31H49O4-. The van der Waals surface area contributed by atoms with Crippen LogP contribution >= 0.6 is 0 Å². The largest absolute Gasteiger partial charge is 0.550 e. The number of fused-ring (bicyclic) bond motifs is 5. The number of hydrogen-bond donors (Lipinski definition) is 0. The SMILES string of the molecule is CC(C)CCC[C@@H](C)[C@H]1CC[C@H]2[C@@H]3CC=C4C[C@@H](OC(=O)CCC(=O)[O-])CC[C@]4(C)[C@H]3CC[C@]12C. The quantitative estimate of drug-likeness (QED) is 0.277. The van der Waals surface area contributed by atoms with Crippen LogP contribution in [0, 0.1) is 46.3 Å². The molecule has 4 rings (SSSR count). The number of carboxylic acids is 1. The first-order chi connectivity index (χ1) is 16.5. The summed E-state index contributed by atoms with van der Waals surface area (Å²) < 4.78 is 5.67. The van der Waals surface area contributed by atoms with Crippen molar-refractivity contribution in [1.29, 1.82) is 0 Å². The molecule has 0 saturated heterocycles. The average Bonchev–Trinajstić information content (AvgIpc) is 3.15. The van der Waals surface area contributed by atoms with Crippen LogP contribution in [-0.4, -0.2) is 18.0 Å². The van der Waals surface area contributed by atoms with Gasteiger partial charge in [-0.15, -0.1) is 0 Å². The van der Waals surface area contributed by atoms with E-state index in [-0.39, 0.29) is 24.4 Å². The molecule has 3 saturated carbocycles. The number of ether oxygens (including phenoxy) is 1. The Labute approximate surface area is 213 Å². The Morgan fingerprint density at radius 3 is 2.51 bits per heavy atom. The van der Waals surface area contributed by atoms with Crippen molar-refractivity contribution in [3.05, 3.63) is 11.6 Å². The molecule has 3 fully saturated rings. The number of esters is 1. The van der Waals surface area contributed by atoms with Crippen molar-refractivity contribution < 1.29 is 19.4 Å². The average molecular weight is 486 g/mol. The van der Waals surface area contributed by atoms with Crippen LogP contribution in [0.25, 0.3) is 0 Å². The van der Waals surface area contributed by atoms with Gasteiger partial charge in [0, 0.05) is 12.4 Å². The lowest BCUT2D eigenvalue weighted by atomic mass is 9.47. The number of hydrogen-bond acceptors (Lipinski definition) is 4. The van der Waals surface area contributed by atoms with E-state index in [0.717, 1.165) is 54.8 Å². The molecule has 0 N–H and O–H groups in total. The Bertz CT molecular complexity index is 815. The molecule has 0 aromatic heterocycles. The summed E-state index contributed by atoms with van der Waals surface area (Å²) in [4.78, 5) is 22.8. The molecule has 4 nitrogen and oxygen atoms in total. The number of carbonyl (C=O) groups excluding carboxylic acids is 2. The van der Waals surface area contributed by atoms with E-state index in [9.17, 15) is 14.7 Å². The molecule has 0 aromatic rings. The highest BCUT2D eigenvalue weighted by atomic mass is 16.5. The predicted molar refractivity (Wildman–Crippen MR) is 137 cm³/mol. The van der Waals surface area contributed by atoms with Crippen LogP contribution in [0.2, 0.25) is 0 Å². The third-order valence-electron chi connectivity index (χ3n) is 11.1. The van der Waals surface area contributed by atoms with Crippen LogP contribution in [0.15, 0.2) is 11.6 Å². The second kappa shape index (κ2) is 10.6. The first-order valence-corrected chi connectivity index (χ1v) is 14.6. The highest BCUT2D eigenvalue weighted by Gasteiger charge is 2.59. The second-order valence-corrected chi connectivity index (χ2v) is 13.5. The van der Waals surface area contributed by atoms with Crippen molar-refractivity contribution in [3.8, 4) is 0 Å². The van der Waals surface area contributed by atoms with Gasteiger partial charge in [-0.05, 0) is 97.7 Å². The number of carboxylic acid groups (broad SMARTS) is 1. The topological polar surface area (TPSA) is 66.4 Å². The van der Waals surface area contributed by atoms with Crippen molar-refractivity contribution in [2.24, 2.45) is 46.3 Å². The van der Waals surface area contributed by atoms with E-state index in [1.54, 1.807) is 0 Å². The van der Waals surface area contributed by atoms with Crippen LogP contribution in [0.1, 0.15) is 118 Å². The molecule has 198 valence electrons. The van der Waals surface area contributed by atoms with Crippen LogP contribution in [-0.2, 0) is 14.3 Å². The summed E-state index contributed by atoms with van der Waals surface area (Å²) in [6, 6.07) is 0. The number of rotatable bonds is 9. The lowest BCUT2D eigenvalue weighted by molar-refractivity contribution is -0.305. The Hall–Kier alpha value is -1.32. The maximum Gasteiger partial charge on any atom is 0.306 e. The third-order valence-corrected chi connectivity index (χ3v) is 11.1. The van der Waals surface area contributed by atoms with E-state index in [0.29, 0.717) is 5.41 Å². The van der Waals surface area contributed by atoms with Gasteiger partial charge in [0.25, 0.3) is 0 Å². The zero-order valence-corrected chi connectivity index (χ0v) is 22.9. The molecule has 8 atom stereocenters. The lowest BCUT2D eigenvalue weighted by Crippen LogP contribution is -2.51. The molecule has 35 heavy (non-hydrogen) atoms. The maximum absolute atomic E-state index is 12.1. The Balaban J connectivity index is 1.40. The Morgan fingerprint density at radius 1 is 1.03 bits per heavy atom. The highest BCUT2D eigenvalue weighted by molar-refractivity contribution is 5.75. The van der Waals surface area contributed by atoms with Crippen molar-refractivity contribution in [1.82, 2.24) is 0 Å². The lowest BCUT2D eigenvalue weighted by Gasteiger charge is -2.58. The molecule has 4 heteroatoms. The highest BCUT2D eigenvalue weighted by Crippen LogP contribution is 2.67. The van der Waals surface area contributed by atoms with Crippen LogP contribution < -0.4 is 5.11 Å². The van der Waals surface area contributed by atoms with Gasteiger partial charge in [0.05, 0.1) is 6.42 Å². The van der Waals surface area contributed by atoms with E-state index in [1.807, 2.05) is 0 Å². The molecule has 0 spiro atoms. The van der Waals surface area contributed by atoms with Crippen molar-refractivity contribution in [2.45, 2.75) is 124 Å². The van der Waals surface area contributed by atoms with Crippen molar-refractivity contribution in [2.75, 3.05) is 0 Å². The molecule has 0 aliphatic heterocycles. The van der Waals surface area contributed by atoms with Gasteiger partial charge < -0.3 is 14.6 Å². The van der Waals surface area contributed by atoms with E-state index in [4.69, 9.17) is 4.74 Å². The van der Waals surface area contributed by atoms with E-state index < -0.39 is 11.9 Å². The molecule has 0 radical (unpaired) electrons. The molecule has 0 unspecified atom stereocenters. The van der Waals surface area contributed by atoms with Crippen molar-refractivity contribution >= 4 is 11.9 Å². The van der Waals surface area contributed by atoms with Gasteiger partial charge in [-0.25, -0.2) is 0 Å². The summed E-state index contributed by atoms with van der Waals surface area (Å²) in [5, 5.41) is 10.7. The molecule has 4 aliphatic carbocycles. The van der Waals surface area contributed by atoms with E-state index >= 15 is 0 Å². The summed E-state index contributed by atoms with van der Waals surface area (Å²) in [5.41, 5.74) is 2.24. The van der Waals surface area contributed by atoms with Crippen molar-refractivity contribution in [3.63, 3.8) is 0 Å². The van der Waals surface area contributed by atoms with Gasteiger partial charge in [-0.1, -0.05) is 65.5 Å². The minimum absolute atomic E-state index is 0.0861. The van der Waals surface area contributed by atoms with Gasteiger partial charge in [0.1, 0.15) is 6.10 Å². The Morgan fingerprint density at radius 2 is 1.80 bits per heavy atom. The monoisotopic (exact) mass is 485 g/mol. The predicted octanol–water partition coefficient (Wildman–Crippen LogP) is 6.47. The molecule has 0 aromatic carbocycles. The number of allylic oxidation sites excluding steroid dienone is 1. The van der Waals surface area contributed by atoms with Gasteiger partial charge in [-0.3, -0.25) is 4.79 Å². The molecule has 0 amide bonds. The molecular weight excluding hydrogens is 436 g/mol. The molecule has 4 aliphatic rings. The fourth-order valence-electron chi connectivity index (χ4n) is 9.20. The summed E-state index contributed by atoms with van der Waals surface area (Å²) in [5.74, 6) is 3.36. The van der Waals surface area contributed by atoms with Gasteiger partial charge in [-0.2, -0.15) is 0 Å². The van der Waals surface area contributed by atoms with Crippen LogP contribution in [0.4, 0.5) is 0 Å². The zero-order chi connectivity index (χ0) is 25.4. The summed E-state index contributed by atoms with van der Waals surface area (Å²) >= 11 is 0. The number of carbonyl (C=O) groups is 2. The smallest absolute Gasteiger partial charge is 0.306 e. The summed E-state index contributed by atoms with van der Waals surface area (Å²) in [7, 11) is 0. The summed E-state index contributed by atoms with van der Waals surface area (Å²) in [6.07, 6.45) is 15.8. The maximum atomic E-state index is 12.1. The minimum Gasteiger partial charge on any atom is -0.550 e. The first-order valence-electron chi connectivity index (χ1n) is 14.6. The normalized spacial score (nSPS) is 39.3. The van der Waals surface area contributed by atoms with E-state index in [1.165, 1.54) is 56.9 Å². The Kier molecular flexibility index (Phi) is 8.08. The van der Waals surface area contributed by atoms with Crippen LogP contribution in [0.5, 0.6) is 0 Å². The zero-order valence-electron chi connectivity index (χ0n) is 22.9. The van der Waals surface area contributed by atoms with E-state index in [2.05, 4.69) is 40.7 Å². The minimum atomic E-state index is -1.19. The van der Waals surface area contributed by atoms with Gasteiger partial charge in [0.2, 0.25) is 0 Å².